The molecule has 0 bridgehead atoms. The number of likely N-dealkylation sites (N-methyl/N-ethyl adjacent to an activating group) is 1. The van der Waals surface area contributed by atoms with Crippen molar-refractivity contribution in [1.82, 2.24) is 14.5 Å². The smallest absolute Gasteiger partial charge is 0.249 e. The fourth-order valence-electron chi connectivity index (χ4n) is 1.56. The second-order valence-electron chi connectivity index (χ2n) is 4.08. The summed E-state index contributed by atoms with van der Waals surface area (Å²) in [6.07, 6.45) is 1.59. The molecule has 1 aromatic heterocycles. The highest BCUT2D eigenvalue weighted by atomic mass is 16.2. The topological polar surface area (TPSA) is 38.1 Å². The van der Waals surface area contributed by atoms with Crippen molar-refractivity contribution in [1.29, 1.82) is 0 Å². The van der Waals surface area contributed by atoms with Crippen LogP contribution in [-0.2, 0) is 0 Å². The highest BCUT2D eigenvalue weighted by molar-refractivity contribution is 5.92. The van der Waals surface area contributed by atoms with Crippen molar-refractivity contribution in [3.05, 3.63) is 30.6 Å². The van der Waals surface area contributed by atoms with E-state index in [9.17, 15) is 4.79 Å². The molecule has 0 saturated heterocycles. The molecule has 1 atom stereocenters. The van der Waals surface area contributed by atoms with Gasteiger partial charge >= 0.3 is 0 Å². The van der Waals surface area contributed by atoms with Gasteiger partial charge in [0.15, 0.2) is 0 Å². The van der Waals surface area contributed by atoms with Gasteiger partial charge in [0.05, 0.1) is 17.1 Å². The van der Waals surface area contributed by atoms with Gasteiger partial charge in [0.1, 0.15) is 6.33 Å². The number of hydrogen-bond acceptors (Lipinski definition) is 3. The van der Waals surface area contributed by atoms with E-state index in [1.165, 1.54) is 0 Å². The molecule has 0 spiro atoms. The molecule has 0 fully saturated rings. The maximum Gasteiger partial charge on any atom is 0.249 e. The van der Waals surface area contributed by atoms with Gasteiger partial charge in [-0.05, 0) is 33.2 Å². The number of carbonyl (C=O) groups excluding carboxylic acids is 1. The predicted molar refractivity (Wildman–Crippen MR) is 63.5 cm³/mol. The molecule has 16 heavy (non-hydrogen) atoms. The van der Waals surface area contributed by atoms with Crippen LogP contribution >= 0.6 is 0 Å². The third-order valence-electron chi connectivity index (χ3n) is 2.82. The van der Waals surface area contributed by atoms with E-state index in [4.69, 9.17) is 0 Å². The van der Waals surface area contributed by atoms with E-state index in [2.05, 4.69) is 4.98 Å². The fraction of sp³-hybridized carbons (Fsp3) is 0.333. The minimum Gasteiger partial charge on any atom is -0.298 e. The van der Waals surface area contributed by atoms with Crippen molar-refractivity contribution >= 4 is 16.9 Å². The van der Waals surface area contributed by atoms with E-state index >= 15 is 0 Å². The predicted octanol–water partition coefficient (Wildman–Crippen LogP) is 1.63. The van der Waals surface area contributed by atoms with Crippen LogP contribution in [0.15, 0.2) is 30.6 Å². The van der Waals surface area contributed by atoms with Gasteiger partial charge < -0.3 is 0 Å². The number of carbonyl (C=O) groups is 1. The van der Waals surface area contributed by atoms with E-state index in [0.29, 0.717) is 0 Å². The first-order valence-corrected chi connectivity index (χ1v) is 5.24. The number of hydrogen-bond donors (Lipinski definition) is 0. The van der Waals surface area contributed by atoms with Gasteiger partial charge in [0.2, 0.25) is 5.91 Å². The summed E-state index contributed by atoms with van der Waals surface area (Å²) in [6.45, 7) is 1.89. The van der Waals surface area contributed by atoms with Gasteiger partial charge in [0.25, 0.3) is 0 Å². The van der Waals surface area contributed by atoms with Crippen molar-refractivity contribution in [2.75, 3.05) is 14.1 Å². The van der Waals surface area contributed by atoms with Gasteiger partial charge in [-0.3, -0.25) is 14.3 Å². The standard InChI is InChI=1S/C12H15N3O/c1-9(14(2)3)12(16)15-8-13-10-6-4-5-7-11(10)15/h4-9H,1-3H3/t9-/m0/s1. The summed E-state index contributed by atoms with van der Waals surface area (Å²) >= 11 is 0. The summed E-state index contributed by atoms with van der Waals surface area (Å²) in [5, 5.41) is 0. The molecule has 4 heteroatoms. The Morgan fingerprint density at radius 2 is 2.06 bits per heavy atom. The Morgan fingerprint density at radius 1 is 1.38 bits per heavy atom. The van der Waals surface area contributed by atoms with Crippen molar-refractivity contribution in [2.24, 2.45) is 0 Å². The van der Waals surface area contributed by atoms with Crippen LogP contribution < -0.4 is 0 Å². The van der Waals surface area contributed by atoms with E-state index in [-0.39, 0.29) is 11.9 Å². The summed E-state index contributed by atoms with van der Waals surface area (Å²) in [4.78, 5) is 18.2. The molecule has 0 aliphatic carbocycles. The number of nitrogens with zero attached hydrogens (tertiary/aromatic N) is 3. The summed E-state index contributed by atoms with van der Waals surface area (Å²) in [5.74, 6) is 0.0405. The lowest BCUT2D eigenvalue weighted by Gasteiger charge is -2.18. The lowest BCUT2D eigenvalue weighted by molar-refractivity contribution is 0.0809. The zero-order valence-corrected chi connectivity index (χ0v) is 9.71. The number of benzene rings is 1. The first-order valence-electron chi connectivity index (χ1n) is 5.24. The monoisotopic (exact) mass is 217 g/mol. The molecule has 0 aliphatic rings. The average molecular weight is 217 g/mol. The summed E-state index contributed by atoms with van der Waals surface area (Å²) < 4.78 is 1.61. The lowest BCUT2D eigenvalue weighted by atomic mass is 10.2. The Labute approximate surface area is 94.5 Å². The number of rotatable bonds is 2. The van der Waals surface area contributed by atoms with Crippen LogP contribution in [0.2, 0.25) is 0 Å². The largest absolute Gasteiger partial charge is 0.298 e. The molecule has 84 valence electrons. The minimum atomic E-state index is -0.155. The van der Waals surface area contributed by atoms with Gasteiger partial charge in [-0.15, -0.1) is 0 Å². The normalized spacial score (nSPS) is 13.2. The third-order valence-corrected chi connectivity index (χ3v) is 2.82. The average Bonchev–Trinajstić information content (AvgIpc) is 2.70. The van der Waals surface area contributed by atoms with Crippen LogP contribution in [0.25, 0.3) is 11.0 Å². The van der Waals surface area contributed by atoms with E-state index in [1.807, 2.05) is 50.2 Å². The van der Waals surface area contributed by atoms with Gasteiger partial charge in [0, 0.05) is 0 Å². The molecule has 0 amide bonds. The molecule has 0 N–H and O–H groups in total. The van der Waals surface area contributed by atoms with Gasteiger partial charge in [-0.1, -0.05) is 12.1 Å². The Hall–Kier alpha value is -1.68. The van der Waals surface area contributed by atoms with Gasteiger partial charge in [-0.25, -0.2) is 4.98 Å². The first-order chi connectivity index (χ1) is 7.61. The Balaban J connectivity index is 2.44. The quantitative estimate of drug-likeness (QED) is 0.767. The zero-order valence-electron chi connectivity index (χ0n) is 9.71. The number of fused-ring (bicyclic) bond motifs is 1. The molecule has 2 rings (SSSR count). The Bertz CT molecular complexity index is 516. The second-order valence-corrected chi connectivity index (χ2v) is 4.08. The highest BCUT2D eigenvalue weighted by Crippen LogP contribution is 2.12. The number of para-hydroxylation sites is 2. The zero-order chi connectivity index (χ0) is 11.7. The first kappa shape index (κ1) is 10.8. The summed E-state index contributed by atoms with van der Waals surface area (Å²) in [6, 6.07) is 7.48. The molecule has 0 aliphatic heterocycles. The molecule has 0 saturated carbocycles. The highest BCUT2D eigenvalue weighted by Gasteiger charge is 2.18. The number of aromatic nitrogens is 2. The molecular formula is C12H15N3O. The third kappa shape index (κ3) is 1.72. The fourth-order valence-corrected chi connectivity index (χ4v) is 1.56. The van der Waals surface area contributed by atoms with Gasteiger partial charge in [-0.2, -0.15) is 0 Å². The lowest BCUT2D eigenvalue weighted by Crippen LogP contribution is -2.36. The van der Waals surface area contributed by atoms with Crippen LogP contribution in [0.4, 0.5) is 0 Å². The van der Waals surface area contributed by atoms with E-state index in [1.54, 1.807) is 10.9 Å². The molecule has 2 aromatic rings. The van der Waals surface area contributed by atoms with Crippen LogP contribution in [0, 0.1) is 0 Å². The van der Waals surface area contributed by atoms with Crippen molar-refractivity contribution in [2.45, 2.75) is 13.0 Å². The van der Waals surface area contributed by atoms with E-state index in [0.717, 1.165) is 11.0 Å². The number of imidazole rings is 1. The van der Waals surface area contributed by atoms with Crippen LogP contribution in [-0.4, -0.2) is 40.5 Å². The molecule has 0 radical (unpaired) electrons. The molecule has 1 aromatic carbocycles. The van der Waals surface area contributed by atoms with Crippen LogP contribution in [0.5, 0.6) is 0 Å². The van der Waals surface area contributed by atoms with Crippen molar-refractivity contribution in [3.8, 4) is 0 Å². The Kier molecular flexibility index (Phi) is 2.75. The molecule has 4 nitrogen and oxygen atoms in total. The van der Waals surface area contributed by atoms with Crippen molar-refractivity contribution in [3.63, 3.8) is 0 Å². The summed E-state index contributed by atoms with van der Waals surface area (Å²) in [5.41, 5.74) is 1.71. The van der Waals surface area contributed by atoms with Crippen LogP contribution in [0.1, 0.15) is 11.7 Å². The second kappa shape index (κ2) is 4.06. The van der Waals surface area contributed by atoms with Crippen molar-refractivity contribution < 1.29 is 4.79 Å². The molecule has 1 heterocycles. The van der Waals surface area contributed by atoms with E-state index < -0.39 is 0 Å². The van der Waals surface area contributed by atoms with Crippen LogP contribution in [0.3, 0.4) is 0 Å². The Morgan fingerprint density at radius 3 is 2.75 bits per heavy atom. The SMILES string of the molecule is C[C@@H](C(=O)n1cnc2ccccc21)N(C)C. The summed E-state index contributed by atoms with van der Waals surface area (Å²) in [7, 11) is 3.78. The maximum atomic E-state index is 12.1. The maximum absolute atomic E-state index is 12.1. The molecular weight excluding hydrogens is 202 g/mol. The molecule has 0 unspecified atom stereocenters. The minimum absolute atomic E-state index is 0.0405.